The fourth-order valence-electron chi connectivity index (χ4n) is 4.22. The standard InChI is InChI=1S/C26H34/c1-19(2)11-9-17-25-21-13-5-7-15-23(21)26(18-10-12-20(3)4)24-16-8-6-14-22(24)25/h5-8,13-16,19-20H,9-12,17-18H2,1-4H3. The van der Waals surface area contributed by atoms with E-state index in [0.29, 0.717) is 0 Å². The van der Waals surface area contributed by atoms with Gasteiger partial charge in [-0.1, -0.05) is 89.1 Å². The van der Waals surface area contributed by atoms with Crippen molar-refractivity contribution < 1.29 is 0 Å². The first kappa shape index (κ1) is 19.0. The highest BCUT2D eigenvalue weighted by molar-refractivity contribution is 6.05. The maximum Gasteiger partial charge on any atom is -0.0143 e. The monoisotopic (exact) mass is 346 g/mol. The van der Waals surface area contributed by atoms with Crippen LogP contribution in [0.2, 0.25) is 0 Å². The molecule has 0 atom stereocenters. The summed E-state index contributed by atoms with van der Waals surface area (Å²) in [5.41, 5.74) is 3.12. The van der Waals surface area contributed by atoms with Gasteiger partial charge in [-0.25, -0.2) is 0 Å². The van der Waals surface area contributed by atoms with Gasteiger partial charge in [0, 0.05) is 0 Å². The average molecular weight is 347 g/mol. The molecule has 0 amide bonds. The second-order valence-electron chi connectivity index (χ2n) is 8.62. The molecule has 0 heteroatoms. The van der Waals surface area contributed by atoms with Crippen LogP contribution in [0, 0.1) is 11.8 Å². The summed E-state index contributed by atoms with van der Waals surface area (Å²) in [4.78, 5) is 0. The molecule has 0 heterocycles. The molecule has 0 fully saturated rings. The molecular formula is C26H34. The van der Waals surface area contributed by atoms with Gasteiger partial charge in [0.1, 0.15) is 0 Å². The van der Waals surface area contributed by atoms with Crippen LogP contribution in [0.5, 0.6) is 0 Å². The lowest BCUT2D eigenvalue weighted by Gasteiger charge is -2.17. The van der Waals surface area contributed by atoms with Gasteiger partial charge in [-0.3, -0.25) is 0 Å². The Bertz CT molecular complexity index is 725. The second kappa shape index (κ2) is 8.71. The zero-order valence-electron chi connectivity index (χ0n) is 17.0. The van der Waals surface area contributed by atoms with E-state index in [4.69, 9.17) is 0 Å². The number of hydrogen-bond acceptors (Lipinski definition) is 0. The fraction of sp³-hybridized carbons (Fsp3) is 0.462. The molecule has 0 N–H and O–H groups in total. The quantitative estimate of drug-likeness (QED) is 0.363. The highest BCUT2D eigenvalue weighted by atomic mass is 14.2. The molecule has 0 aliphatic heterocycles. The van der Waals surface area contributed by atoms with Gasteiger partial charge in [0.25, 0.3) is 0 Å². The van der Waals surface area contributed by atoms with Crippen molar-refractivity contribution in [2.75, 3.05) is 0 Å². The van der Waals surface area contributed by atoms with Crippen molar-refractivity contribution in [2.45, 2.75) is 66.2 Å². The first-order valence-electron chi connectivity index (χ1n) is 10.5. The van der Waals surface area contributed by atoms with Crippen molar-refractivity contribution in [3.05, 3.63) is 59.7 Å². The van der Waals surface area contributed by atoms with E-state index >= 15 is 0 Å². The van der Waals surface area contributed by atoms with Gasteiger partial charge in [-0.15, -0.1) is 0 Å². The van der Waals surface area contributed by atoms with Crippen molar-refractivity contribution in [3.8, 4) is 0 Å². The van der Waals surface area contributed by atoms with E-state index in [1.807, 2.05) is 0 Å². The Hall–Kier alpha value is -1.82. The van der Waals surface area contributed by atoms with Gasteiger partial charge < -0.3 is 0 Å². The Morgan fingerprint density at radius 1 is 0.538 bits per heavy atom. The summed E-state index contributed by atoms with van der Waals surface area (Å²) in [6, 6.07) is 18.2. The molecular weight excluding hydrogens is 312 g/mol. The maximum absolute atomic E-state index is 2.35. The summed E-state index contributed by atoms with van der Waals surface area (Å²) < 4.78 is 0. The molecule has 3 aromatic carbocycles. The third-order valence-electron chi connectivity index (χ3n) is 5.57. The lowest BCUT2D eigenvalue weighted by molar-refractivity contribution is 0.556. The van der Waals surface area contributed by atoms with Crippen LogP contribution >= 0.6 is 0 Å². The van der Waals surface area contributed by atoms with Crippen molar-refractivity contribution in [3.63, 3.8) is 0 Å². The minimum absolute atomic E-state index is 0.780. The van der Waals surface area contributed by atoms with Crippen LogP contribution in [-0.2, 0) is 12.8 Å². The molecule has 0 unspecified atom stereocenters. The molecule has 0 radical (unpaired) electrons. The van der Waals surface area contributed by atoms with Gasteiger partial charge in [0.2, 0.25) is 0 Å². The summed E-state index contributed by atoms with van der Waals surface area (Å²) in [6.07, 6.45) is 7.53. The SMILES string of the molecule is CC(C)CCCc1c2ccccc2c(CCCC(C)C)c2ccccc12. The molecule has 0 aliphatic carbocycles. The minimum Gasteiger partial charge on any atom is -0.0628 e. The zero-order chi connectivity index (χ0) is 18.5. The summed E-state index contributed by atoms with van der Waals surface area (Å²) in [6.45, 7) is 9.31. The number of rotatable bonds is 8. The number of aryl methyl sites for hydroxylation is 2. The average Bonchev–Trinajstić information content (AvgIpc) is 2.62. The van der Waals surface area contributed by atoms with E-state index in [0.717, 1.165) is 11.8 Å². The Morgan fingerprint density at radius 3 is 1.12 bits per heavy atom. The van der Waals surface area contributed by atoms with Gasteiger partial charge in [0.15, 0.2) is 0 Å². The molecule has 0 bridgehead atoms. The van der Waals surface area contributed by atoms with Crippen molar-refractivity contribution in [1.29, 1.82) is 0 Å². The van der Waals surface area contributed by atoms with Gasteiger partial charge in [-0.2, -0.15) is 0 Å². The third kappa shape index (κ3) is 4.29. The maximum atomic E-state index is 2.35. The van der Waals surface area contributed by atoms with Crippen LogP contribution in [0.4, 0.5) is 0 Å². The van der Waals surface area contributed by atoms with E-state index in [1.165, 1.54) is 60.1 Å². The second-order valence-corrected chi connectivity index (χ2v) is 8.62. The largest absolute Gasteiger partial charge is 0.0628 e. The molecule has 0 spiro atoms. The smallest absolute Gasteiger partial charge is 0.0143 e. The van der Waals surface area contributed by atoms with Crippen molar-refractivity contribution in [1.82, 2.24) is 0 Å². The summed E-state index contributed by atoms with van der Waals surface area (Å²) in [5.74, 6) is 1.56. The van der Waals surface area contributed by atoms with Crippen molar-refractivity contribution >= 4 is 21.5 Å². The third-order valence-corrected chi connectivity index (χ3v) is 5.57. The lowest BCUT2D eigenvalue weighted by Crippen LogP contribution is -1.99. The first-order chi connectivity index (χ1) is 12.6. The van der Waals surface area contributed by atoms with E-state index in [1.54, 1.807) is 11.1 Å². The van der Waals surface area contributed by atoms with E-state index < -0.39 is 0 Å². The van der Waals surface area contributed by atoms with Gasteiger partial charge >= 0.3 is 0 Å². The first-order valence-corrected chi connectivity index (χ1v) is 10.5. The molecule has 3 aromatic rings. The normalized spacial score (nSPS) is 11.9. The minimum atomic E-state index is 0.780. The predicted molar refractivity (Wildman–Crippen MR) is 117 cm³/mol. The van der Waals surface area contributed by atoms with Gasteiger partial charge in [-0.05, 0) is 70.2 Å². The lowest BCUT2D eigenvalue weighted by atomic mass is 9.87. The number of fused-ring (bicyclic) bond motifs is 2. The molecule has 3 rings (SSSR count). The van der Waals surface area contributed by atoms with Crippen LogP contribution in [-0.4, -0.2) is 0 Å². The van der Waals surface area contributed by atoms with E-state index in [9.17, 15) is 0 Å². The predicted octanol–water partition coefficient (Wildman–Crippen LogP) is 7.95. The van der Waals surface area contributed by atoms with Crippen LogP contribution in [0.15, 0.2) is 48.5 Å². The van der Waals surface area contributed by atoms with Crippen LogP contribution in [0.25, 0.3) is 21.5 Å². The molecule has 0 nitrogen and oxygen atoms in total. The Morgan fingerprint density at radius 2 is 0.846 bits per heavy atom. The van der Waals surface area contributed by atoms with Crippen LogP contribution in [0.1, 0.15) is 64.5 Å². The Kier molecular flexibility index (Phi) is 6.35. The molecule has 138 valence electrons. The fourth-order valence-corrected chi connectivity index (χ4v) is 4.22. The Balaban J connectivity index is 2.09. The molecule has 0 aliphatic rings. The van der Waals surface area contributed by atoms with Crippen LogP contribution < -0.4 is 0 Å². The van der Waals surface area contributed by atoms with E-state index in [2.05, 4.69) is 76.2 Å². The topological polar surface area (TPSA) is 0 Å². The summed E-state index contributed by atoms with van der Waals surface area (Å²) in [5, 5.41) is 5.92. The highest BCUT2D eigenvalue weighted by Crippen LogP contribution is 2.35. The summed E-state index contributed by atoms with van der Waals surface area (Å²) >= 11 is 0. The Labute approximate surface area is 159 Å². The molecule has 0 saturated carbocycles. The zero-order valence-corrected chi connectivity index (χ0v) is 17.0. The van der Waals surface area contributed by atoms with E-state index in [-0.39, 0.29) is 0 Å². The van der Waals surface area contributed by atoms with Crippen molar-refractivity contribution in [2.24, 2.45) is 11.8 Å². The molecule has 0 aromatic heterocycles. The number of hydrogen-bond donors (Lipinski definition) is 0. The number of benzene rings is 3. The van der Waals surface area contributed by atoms with Gasteiger partial charge in [0.05, 0.1) is 0 Å². The molecule has 0 saturated heterocycles. The molecule has 26 heavy (non-hydrogen) atoms. The van der Waals surface area contributed by atoms with Crippen LogP contribution in [0.3, 0.4) is 0 Å². The highest BCUT2D eigenvalue weighted by Gasteiger charge is 2.13. The summed E-state index contributed by atoms with van der Waals surface area (Å²) in [7, 11) is 0.